The van der Waals surface area contributed by atoms with Crippen molar-refractivity contribution >= 4 is 17.1 Å². The molecule has 0 saturated carbocycles. The molecule has 1 fully saturated rings. The summed E-state index contributed by atoms with van der Waals surface area (Å²) in [7, 11) is 2.17. The van der Waals surface area contributed by atoms with E-state index in [2.05, 4.69) is 54.1 Å². The van der Waals surface area contributed by atoms with E-state index in [0.29, 0.717) is 6.04 Å². The molecule has 1 saturated heterocycles. The van der Waals surface area contributed by atoms with Crippen molar-refractivity contribution < 1.29 is 0 Å². The molecule has 2 heterocycles. The van der Waals surface area contributed by atoms with E-state index in [9.17, 15) is 5.26 Å². The molecule has 2 aromatic carbocycles. The molecule has 4 rings (SSSR count). The lowest BCUT2D eigenvalue weighted by Gasteiger charge is -2.40. The number of nitriles is 1. The Hall–Kier alpha value is -2.90. The summed E-state index contributed by atoms with van der Waals surface area (Å²) in [5.74, 6) is 1.01. The van der Waals surface area contributed by atoms with E-state index in [0.717, 1.165) is 53.4 Å². The van der Waals surface area contributed by atoms with Crippen molar-refractivity contribution in [3.05, 3.63) is 71.3 Å². The number of nitrogens with zero attached hydrogens (tertiary/aromatic N) is 4. The zero-order chi connectivity index (χ0) is 18.1. The van der Waals surface area contributed by atoms with Gasteiger partial charge in [-0.3, -0.25) is 0 Å². The molecule has 2 aliphatic heterocycles. The molecule has 0 N–H and O–H groups in total. The lowest BCUT2D eigenvalue weighted by molar-refractivity contribution is 0.162. The minimum atomic E-state index is 0.384. The van der Waals surface area contributed by atoms with Gasteiger partial charge in [-0.2, -0.15) is 5.26 Å². The fourth-order valence-corrected chi connectivity index (χ4v) is 3.92. The topological polar surface area (TPSA) is 42.6 Å². The van der Waals surface area contributed by atoms with Crippen molar-refractivity contribution in [3.8, 4) is 6.07 Å². The van der Waals surface area contributed by atoms with Crippen molar-refractivity contribution in [1.82, 2.24) is 9.80 Å². The highest BCUT2D eigenvalue weighted by Crippen LogP contribution is 2.37. The average Bonchev–Trinajstić information content (AvgIpc) is 2.78. The molecule has 0 aliphatic carbocycles. The standard InChI is InChI=1S/C22H22N4/c1-16-15-25(2)13-14-26(16)22-20-9-4-3-7-17(20)18(11-12-23)19-8-5-6-10-21(19)24-22/h3-11,16H,13-15H2,1-2H3/b18-11+. The smallest absolute Gasteiger partial charge is 0.137 e. The van der Waals surface area contributed by atoms with Crippen LogP contribution >= 0.6 is 0 Å². The fourth-order valence-electron chi connectivity index (χ4n) is 3.92. The number of allylic oxidation sites excluding steroid dienone is 1. The van der Waals surface area contributed by atoms with Crippen molar-refractivity contribution in [2.75, 3.05) is 26.7 Å². The van der Waals surface area contributed by atoms with Crippen molar-refractivity contribution in [3.63, 3.8) is 0 Å². The molecule has 26 heavy (non-hydrogen) atoms. The van der Waals surface area contributed by atoms with Gasteiger partial charge in [-0.05, 0) is 25.6 Å². The number of aliphatic imine (C=N–C) groups is 1. The predicted molar refractivity (Wildman–Crippen MR) is 105 cm³/mol. The summed E-state index contributed by atoms with van der Waals surface area (Å²) in [6.07, 6.45) is 1.64. The van der Waals surface area contributed by atoms with Crippen LogP contribution in [0.2, 0.25) is 0 Å². The molecular weight excluding hydrogens is 320 g/mol. The van der Waals surface area contributed by atoms with Gasteiger partial charge in [0, 0.05) is 48.5 Å². The maximum Gasteiger partial charge on any atom is 0.137 e. The first-order valence-corrected chi connectivity index (χ1v) is 9.02. The number of likely N-dealkylation sites (N-methyl/N-ethyl adjacent to an activating group) is 1. The summed E-state index contributed by atoms with van der Waals surface area (Å²) < 4.78 is 0. The van der Waals surface area contributed by atoms with Gasteiger partial charge in [-0.25, -0.2) is 4.99 Å². The highest BCUT2D eigenvalue weighted by Gasteiger charge is 2.29. The zero-order valence-corrected chi connectivity index (χ0v) is 15.2. The lowest BCUT2D eigenvalue weighted by atomic mass is 9.93. The molecule has 1 unspecified atom stereocenters. The zero-order valence-electron chi connectivity index (χ0n) is 15.2. The third kappa shape index (κ3) is 2.81. The van der Waals surface area contributed by atoms with Gasteiger partial charge in [0.2, 0.25) is 0 Å². The van der Waals surface area contributed by atoms with Gasteiger partial charge in [0.1, 0.15) is 5.84 Å². The predicted octanol–water partition coefficient (Wildman–Crippen LogP) is 3.67. The van der Waals surface area contributed by atoms with Gasteiger partial charge in [0.25, 0.3) is 0 Å². The lowest BCUT2D eigenvalue weighted by Crippen LogP contribution is -2.53. The van der Waals surface area contributed by atoms with Crippen LogP contribution in [-0.2, 0) is 0 Å². The summed E-state index contributed by atoms with van der Waals surface area (Å²) in [6.45, 7) is 5.24. The summed E-state index contributed by atoms with van der Waals surface area (Å²) in [5.41, 5.74) is 5.05. The number of piperazine rings is 1. The number of amidine groups is 1. The monoisotopic (exact) mass is 342 g/mol. The van der Waals surface area contributed by atoms with Gasteiger partial charge < -0.3 is 9.80 Å². The highest BCUT2D eigenvalue weighted by molar-refractivity contribution is 6.09. The SMILES string of the molecule is CC1CN(C)CCN1C1=Nc2ccccc2/C(=C/C#N)c2ccccc21. The second-order valence-electron chi connectivity index (χ2n) is 6.99. The molecule has 2 aliphatic rings. The van der Waals surface area contributed by atoms with Crippen LogP contribution in [0.5, 0.6) is 0 Å². The number of benzene rings is 2. The Bertz CT molecular complexity index is 935. The number of fused-ring (bicyclic) bond motifs is 2. The Labute approximate surface area is 154 Å². The van der Waals surface area contributed by atoms with Crippen LogP contribution in [0.3, 0.4) is 0 Å². The number of para-hydroxylation sites is 1. The molecule has 0 amide bonds. The minimum absolute atomic E-state index is 0.384. The molecule has 0 bridgehead atoms. The third-order valence-electron chi connectivity index (χ3n) is 5.19. The molecule has 2 aromatic rings. The highest BCUT2D eigenvalue weighted by atomic mass is 15.3. The fraction of sp³-hybridized carbons (Fsp3) is 0.273. The quantitative estimate of drug-likeness (QED) is 0.686. The van der Waals surface area contributed by atoms with Crippen LogP contribution in [0.1, 0.15) is 23.6 Å². The normalized spacial score (nSPS) is 21.4. The first kappa shape index (κ1) is 16.6. The Morgan fingerprint density at radius 3 is 2.46 bits per heavy atom. The number of rotatable bonds is 0. The second kappa shape index (κ2) is 6.78. The molecular formula is C22H22N4. The number of hydrogen-bond acceptors (Lipinski definition) is 4. The van der Waals surface area contributed by atoms with E-state index in [1.165, 1.54) is 0 Å². The Kier molecular flexibility index (Phi) is 4.32. The first-order valence-electron chi connectivity index (χ1n) is 9.02. The Morgan fingerprint density at radius 1 is 1.04 bits per heavy atom. The van der Waals surface area contributed by atoms with Crippen molar-refractivity contribution in [2.24, 2.45) is 4.99 Å². The van der Waals surface area contributed by atoms with Gasteiger partial charge in [0.15, 0.2) is 0 Å². The average molecular weight is 342 g/mol. The first-order chi connectivity index (χ1) is 12.7. The van der Waals surface area contributed by atoms with Crippen LogP contribution in [-0.4, -0.2) is 48.4 Å². The van der Waals surface area contributed by atoms with Gasteiger partial charge in [0.05, 0.1) is 11.8 Å². The summed E-state index contributed by atoms with van der Waals surface area (Å²) in [6, 6.07) is 19.0. The van der Waals surface area contributed by atoms with E-state index >= 15 is 0 Å². The molecule has 0 aromatic heterocycles. The molecule has 0 spiro atoms. The molecule has 0 radical (unpaired) electrons. The van der Waals surface area contributed by atoms with E-state index in [1.54, 1.807) is 6.08 Å². The largest absolute Gasteiger partial charge is 0.351 e. The molecule has 4 heteroatoms. The minimum Gasteiger partial charge on any atom is -0.351 e. The Morgan fingerprint density at radius 2 is 1.73 bits per heavy atom. The van der Waals surface area contributed by atoms with Crippen LogP contribution in [0.4, 0.5) is 5.69 Å². The summed E-state index contributed by atoms with van der Waals surface area (Å²) >= 11 is 0. The maximum absolute atomic E-state index is 9.37. The Balaban J connectivity index is 1.94. The molecule has 130 valence electrons. The van der Waals surface area contributed by atoms with E-state index in [-0.39, 0.29) is 0 Å². The van der Waals surface area contributed by atoms with Gasteiger partial charge >= 0.3 is 0 Å². The van der Waals surface area contributed by atoms with Gasteiger partial charge in [-0.1, -0.05) is 42.5 Å². The van der Waals surface area contributed by atoms with Gasteiger partial charge in [-0.15, -0.1) is 0 Å². The maximum atomic E-state index is 9.37. The van der Waals surface area contributed by atoms with E-state index < -0.39 is 0 Å². The molecule has 1 atom stereocenters. The van der Waals surface area contributed by atoms with Crippen molar-refractivity contribution in [1.29, 1.82) is 5.26 Å². The van der Waals surface area contributed by atoms with Crippen LogP contribution in [0, 0.1) is 11.3 Å². The van der Waals surface area contributed by atoms with Crippen LogP contribution in [0.15, 0.2) is 59.6 Å². The van der Waals surface area contributed by atoms with E-state index in [4.69, 9.17) is 4.99 Å². The third-order valence-corrected chi connectivity index (χ3v) is 5.19. The molecule has 4 nitrogen and oxygen atoms in total. The van der Waals surface area contributed by atoms with E-state index in [1.807, 2.05) is 24.3 Å². The second-order valence-corrected chi connectivity index (χ2v) is 6.99. The number of hydrogen-bond donors (Lipinski definition) is 0. The van der Waals surface area contributed by atoms with Crippen LogP contribution < -0.4 is 0 Å². The van der Waals surface area contributed by atoms with Crippen molar-refractivity contribution in [2.45, 2.75) is 13.0 Å². The summed E-state index contributed by atoms with van der Waals surface area (Å²) in [5, 5.41) is 9.37. The summed E-state index contributed by atoms with van der Waals surface area (Å²) in [4.78, 5) is 9.85. The van der Waals surface area contributed by atoms with Crippen LogP contribution in [0.25, 0.3) is 5.57 Å².